The van der Waals surface area contributed by atoms with Crippen molar-refractivity contribution in [1.82, 2.24) is 9.78 Å². The smallest absolute Gasteiger partial charge is 0.337 e. The summed E-state index contributed by atoms with van der Waals surface area (Å²) in [7, 11) is 1.31. The van der Waals surface area contributed by atoms with E-state index in [0.29, 0.717) is 22.9 Å². The van der Waals surface area contributed by atoms with Gasteiger partial charge in [-0.15, -0.1) is 0 Å². The number of aromatic nitrogens is 2. The normalized spacial score (nSPS) is 10.6. The average Bonchev–Trinajstić information content (AvgIpc) is 2.96. The van der Waals surface area contributed by atoms with Crippen LogP contribution in [0.5, 0.6) is 0 Å². The number of anilines is 1. The highest BCUT2D eigenvalue weighted by Gasteiger charge is 2.11. The Hall–Kier alpha value is -2.86. The third-order valence-corrected chi connectivity index (χ3v) is 4.01. The zero-order valence-corrected chi connectivity index (χ0v) is 14.3. The summed E-state index contributed by atoms with van der Waals surface area (Å²) >= 11 is 6.11. The van der Waals surface area contributed by atoms with Crippen LogP contribution >= 0.6 is 11.6 Å². The first-order valence-electron chi connectivity index (χ1n) is 7.68. The number of ether oxygens (including phenoxy) is 1. The van der Waals surface area contributed by atoms with E-state index in [-0.39, 0.29) is 12.3 Å². The maximum atomic E-state index is 12.2. The predicted octanol–water partition coefficient (Wildman–Crippen LogP) is 3.51. The summed E-state index contributed by atoms with van der Waals surface area (Å²) in [6.07, 6.45) is 0.227. The van der Waals surface area contributed by atoms with Gasteiger partial charge in [0.2, 0.25) is 5.91 Å². The minimum Gasteiger partial charge on any atom is -0.465 e. The number of carbonyl (C=O) groups excluding carboxylic acids is 2. The van der Waals surface area contributed by atoms with Crippen molar-refractivity contribution in [3.63, 3.8) is 0 Å². The molecule has 0 unspecified atom stereocenters. The number of nitrogens with one attached hydrogen (secondary N) is 1. The van der Waals surface area contributed by atoms with Crippen LogP contribution < -0.4 is 5.32 Å². The number of aryl methyl sites for hydroxylation is 1. The molecule has 1 N–H and O–H groups in total. The molecule has 2 aromatic carbocycles. The molecule has 1 aromatic heterocycles. The Kier molecular flexibility index (Phi) is 5.00. The summed E-state index contributed by atoms with van der Waals surface area (Å²) in [6, 6.07) is 14.2. The van der Waals surface area contributed by atoms with Gasteiger partial charge in [-0.05, 0) is 30.3 Å². The van der Waals surface area contributed by atoms with Gasteiger partial charge in [0.1, 0.15) is 0 Å². The zero-order valence-electron chi connectivity index (χ0n) is 13.5. The summed E-state index contributed by atoms with van der Waals surface area (Å²) in [5.74, 6) is -0.633. The first-order valence-corrected chi connectivity index (χ1v) is 8.05. The number of para-hydroxylation sites is 1. The van der Waals surface area contributed by atoms with E-state index < -0.39 is 5.97 Å². The molecule has 3 aromatic rings. The summed E-state index contributed by atoms with van der Waals surface area (Å²) in [4.78, 5) is 23.7. The van der Waals surface area contributed by atoms with Crippen LogP contribution in [0.25, 0.3) is 10.9 Å². The summed E-state index contributed by atoms with van der Waals surface area (Å²) in [5, 5.41) is 8.30. The number of hydrogen-bond acceptors (Lipinski definition) is 4. The molecule has 7 heteroatoms. The zero-order chi connectivity index (χ0) is 17.8. The fraction of sp³-hybridized carbons (Fsp3) is 0.167. The van der Waals surface area contributed by atoms with Gasteiger partial charge in [0.25, 0.3) is 0 Å². The monoisotopic (exact) mass is 357 g/mol. The van der Waals surface area contributed by atoms with E-state index in [1.54, 1.807) is 28.9 Å². The van der Waals surface area contributed by atoms with Gasteiger partial charge < -0.3 is 10.1 Å². The van der Waals surface area contributed by atoms with Gasteiger partial charge in [-0.25, -0.2) is 4.79 Å². The van der Waals surface area contributed by atoms with Gasteiger partial charge in [0, 0.05) is 17.5 Å². The van der Waals surface area contributed by atoms with E-state index in [2.05, 4.69) is 15.2 Å². The highest BCUT2D eigenvalue weighted by atomic mass is 35.5. The van der Waals surface area contributed by atoms with Crippen LogP contribution in [0.4, 0.5) is 5.69 Å². The predicted molar refractivity (Wildman–Crippen MR) is 95.8 cm³/mol. The second-order valence-corrected chi connectivity index (χ2v) is 5.76. The Morgan fingerprint density at radius 2 is 2.00 bits per heavy atom. The van der Waals surface area contributed by atoms with Crippen molar-refractivity contribution >= 4 is 40.1 Å². The molecule has 0 saturated heterocycles. The second-order valence-electron chi connectivity index (χ2n) is 5.40. The maximum absolute atomic E-state index is 12.2. The van der Waals surface area contributed by atoms with Crippen molar-refractivity contribution in [2.45, 2.75) is 13.0 Å². The number of hydrogen-bond donors (Lipinski definition) is 1. The number of rotatable bonds is 5. The number of methoxy groups -OCH3 is 1. The first-order chi connectivity index (χ1) is 12.1. The lowest BCUT2D eigenvalue weighted by Crippen LogP contribution is -2.15. The van der Waals surface area contributed by atoms with Crippen LogP contribution in [0.3, 0.4) is 0 Å². The number of halogens is 1. The van der Waals surface area contributed by atoms with Crippen molar-refractivity contribution in [1.29, 1.82) is 0 Å². The number of esters is 1. The molecule has 0 aliphatic rings. The van der Waals surface area contributed by atoms with Gasteiger partial charge in [-0.3, -0.25) is 9.48 Å². The summed E-state index contributed by atoms with van der Waals surface area (Å²) < 4.78 is 6.38. The van der Waals surface area contributed by atoms with Gasteiger partial charge in [-0.1, -0.05) is 29.8 Å². The third-order valence-electron chi connectivity index (χ3n) is 3.73. The van der Waals surface area contributed by atoms with Crippen molar-refractivity contribution in [3.05, 3.63) is 59.2 Å². The van der Waals surface area contributed by atoms with Crippen molar-refractivity contribution in [3.8, 4) is 0 Å². The van der Waals surface area contributed by atoms with Gasteiger partial charge in [-0.2, -0.15) is 5.10 Å². The lowest BCUT2D eigenvalue weighted by molar-refractivity contribution is -0.116. The van der Waals surface area contributed by atoms with E-state index >= 15 is 0 Å². The molecule has 6 nitrogen and oxygen atoms in total. The van der Waals surface area contributed by atoms with E-state index in [1.165, 1.54) is 7.11 Å². The minimum absolute atomic E-state index is 0.183. The molecule has 0 spiro atoms. The topological polar surface area (TPSA) is 73.2 Å². The lowest BCUT2D eigenvalue weighted by atomic mass is 10.2. The Morgan fingerprint density at radius 1 is 1.20 bits per heavy atom. The van der Waals surface area contributed by atoms with Crippen LogP contribution in [-0.2, 0) is 16.1 Å². The standard InChI is InChI=1S/C18H16ClN3O3/c1-25-18(24)12-5-4-6-13(11-12)20-16(23)9-10-22-15-8-3-2-7-14(15)17(19)21-22/h2-8,11H,9-10H2,1H3,(H,20,23). The van der Waals surface area contributed by atoms with E-state index in [4.69, 9.17) is 11.6 Å². The second kappa shape index (κ2) is 7.36. The van der Waals surface area contributed by atoms with Crippen molar-refractivity contribution in [2.24, 2.45) is 0 Å². The molecule has 3 rings (SSSR count). The van der Waals surface area contributed by atoms with Gasteiger partial charge in [0.15, 0.2) is 5.15 Å². The minimum atomic E-state index is -0.450. The van der Waals surface area contributed by atoms with Gasteiger partial charge >= 0.3 is 5.97 Å². The van der Waals surface area contributed by atoms with E-state index in [1.807, 2.05) is 24.3 Å². The number of carbonyl (C=O) groups is 2. The van der Waals surface area contributed by atoms with Gasteiger partial charge in [0.05, 0.1) is 24.7 Å². The first kappa shape index (κ1) is 17.0. The average molecular weight is 358 g/mol. The fourth-order valence-electron chi connectivity index (χ4n) is 2.53. The highest BCUT2D eigenvalue weighted by molar-refractivity contribution is 6.34. The molecular weight excluding hydrogens is 342 g/mol. The van der Waals surface area contributed by atoms with Crippen molar-refractivity contribution in [2.75, 3.05) is 12.4 Å². The molecule has 1 amide bonds. The fourth-order valence-corrected chi connectivity index (χ4v) is 2.78. The SMILES string of the molecule is COC(=O)c1cccc(NC(=O)CCn2nc(Cl)c3ccccc32)c1. The highest BCUT2D eigenvalue weighted by Crippen LogP contribution is 2.22. The Bertz CT molecular complexity index is 936. The number of benzene rings is 2. The molecule has 25 heavy (non-hydrogen) atoms. The summed E-state index contributed by atoms with van der Waals surface area (Å²) in [5.41, 5.74) is 1.80. The quantitative estimate of drug-likeness (QED) is 0.709. The van der Waals surface area contributed by atoms with Crippen molar-refractivity contribution < 1.29 is 14.3 Å². The third kappa shape index (κ3) is 3.80. The molecule has 0 fully saturated rings. The van der Waals surface area contributed by atoms with Crippen LogP contribution in [0.1, 0.15) is 16.8 Å². The molecule has 0 bridgehead atoms. The van der Waals surface area contributed by atoms with E-state index in [9.17, 15) is 9.59 Å². The molecule has 0 saturated carbocycles. The molecule has 0 atom stereocenters. The maximum Gasteiger partial charge on any atom is 0.337 e. The molecule has 0 radical (unpaired) electrons. The Labute approximate surface area is 149 Å². The summed E-state index contributed by atoms with van der Waals surface area (Å²) in [6.45, 7) is 0.399. The molecule has 128 valence electrons. The van der Waals surface area contributed by atoms with Crippen LogP contribution in [0, 0.1) is 0 Å². The number of nitrogens with zero attached hydrogens (tertiary/aromatic N) is 2. The van der Waals surface area contributed by atoms with Crippen LogP contribution in [0.15, 0.2) is 48.5 Å². The van der Waals surface area contributed by atoms with Crippen LogP contribution in [0.2, 0.25) is 5.15 Å². The lowest BCUT2D eigenvalue weighted by Gasteiger charge is -2.07. The Morgan fingerprint density at radius 3 is 2.80 bits per heavy atom. The largest absolute Gasteiger partial charge is 0.465 e. The Balaban J connectivity index is 1.66. The molecule has 1 heterocycles. The van der Waals surface area contributed by atoms with Crippen LogP contribution in [-0.4, -0.2) is 28.8 Å². The van der Waals surface area contributed by atoms with E-state index in [0.717, 1.165) is 10.9 Å². The molecular formula is C18H16ClN3O3. The molecule has 0 aliphatic carbocycles. The number of fused-ring (bicyclic) bond motifs is 1. The number of amides is 1. The molecule has 0 aliphatic heterocycles.